The van der Waals surface area contributed by atoms with E-state index in [0.717, 1.165) is 11.1 Å². The lowest BCUT2D eigenvalue weighted by Crippen LogP contribution is -2.30. The first kappa shape index (κ1) is 21.6. The summed E-state index contributed by atoms with van der Waals surface area (Å²) < 4.78 is 5.24. The van der Waals surface area contributed by atoms with Crippen LogP contribution in [0.1, 0.15) is 28.3 Å². The van der Waals surface area contributed by atoms with Crippen molar-refractivity contribution in [3.05, 3.63) is 93.8 Å². The van der Waals surface area contributed by atoms with Gasteiger partial charge in [-0.05, 0) is 60.9 Å². The maximum Gasteiger partial charge on any atom is 0.300 e. The van der Waals surface area contributed by atoms with Crippen LogP contribution >= 0.6 is 11.6 Å². The van der Waals surface area contributed by atoms with Crippen LogP contribution < -0.4 is 9.64 Å². The van der Waals surface area contributed by atoms with E-state index < -0.39 is 17.7 Å². The fourth-order valence-corrected chi connectivity index (χ4v) is 4.10. The minimum Gasteiger partial charge on any atom is -0.507 e. The average molecular weight is 449 g/mol. The van der Waals surface area contributed by atoms with Gasteiger partial charge in [-0.2, -0.15) is 0 Å². The molecule has 1 fully saturated rings. The molecule has 0 saturated carbocycles. The van der Waals surface area contributed by atoms with Crippen LogP contribution in [-0.4, -0.2) is 28.9 Å². The number of hydrogen-bond donors (Lipinski definition) is 1. The number of aryl methyl sites for hydroxylation is 1. The fraction of sp³-hybridized carbons (Fsp3) is 0.160. The van der Waals surface area contributed by atoms with Gasteiger partial charge in [0.25, 0.3) is 11.7 Å². The van der Waals surface area contributed by atoms with E-state index >= 15 is 0 Å². The topological polar surface area (TPSA) is 79.7 Å². The lowest BCUT2D eigenvalue weighted by molar-refractivity contribution is -0.132. The number of carbonyl (C=O) groups excluding carboxylic acids is 2. The quantitative estimate of drug-likeness (QED) is 0.345. The Morgan fingerprint density at radius 3 is 2.59 bits per heavy atom. The van der Waals surface area contributed by atoms with Gasteiger partial charge in [-0.15, -0.1) is 0 Å². The van der Waals surface area contributed by atoms with Crippen LogP contribution in [0, 0.1) is 13.8 Å². The molecule has 0 spiro atoms. The highest BCUT2D eigenvalue weighted by atomic mass is 35.5. The minimum atomic E-state index is -0.869. The number of anilines is 1. The number of pyridine rings is 1. The number of methoxy groups -OCH3 is 1. The number of carbonyl (C=O) groups is 2. The molecule has 0 bridgehead atoms. The monoisotopic (exact) mass is 448 g/mol. The van der Waals surface area contributed by atoms with Gasteiger partial charge in [0.1, 0.15) is 11.5 Å². The molecule has 2 aromatic carbocycles. The molecule has 1 saturated heterocycles. The normalized spacial score (nSPS) is 17.6. The van der Waals surface area contributed by atoms with Crippen molar-refractivity contribution in [3.8, 4) is 5.75 Å². The first-order chi connectivity index (χ1) is 15.3. The van der Waals surface area contributed by atoms with E-state index in [1.165, 1.54) is 18.1 Å². The summed E-state index contributed by atoms with van der Waals surface area (Å²) in [6.45, 7) is 3.83. The summed E-state index contributed by atoms with van der Waals surface area (Å²) in [5, 5.41) is 11.5. The van der Waals surface area contributed by atoms with Gasteiger partial charge in [0.2, 0.25) is 0 Å². The number of halogens is 1. The molecule has 7 heteroatoms. The van der Waals surface area contributed by atoms with Gasteiger partial charge in [0, 0.05) is 23.6 Å². The summed E-state index contributed by atoms with van der Waals surface area (Å²) in [6, 6.07) is 12.9. The molecule has 2 heterocycles. The SMILES string of the molecule is COc1ccc(Cl)c(/C(O)=C2\C(=O)C(=O)N(c3cccc(C)c3C)C2c2cccnc2)c1. The lowest BCUT2D eigenvalue weighted by Gasteiger charge is -2.27. The van der Waals surface area contributed by atoms with Crippen LogP contribution in [0.3, 0.4) is 0 Å². The highest BCUT2D eigenvalue weighted by Gasteiger charge is 2.47. The van der Waals surface area contributed by atoms with E-state index in [2.05, 4.69) is 4.98 Å². The molecular weight excluding hydrogens is 428 g/mol. The molecule has 0 aliphatic carbocycles. The highest BCUT2D eigenvalue weighted by molar-refractivity contribution is 6.52. The Morgan fingerprint density at radius 1 is 1.12 bits per heavy atom. The predicted molar refractivity (Wildman–Crippen MR) is 123 cm³/mol. The van der Waals surface area contributed by atoms with Crippen LogP contribution in [0.4, 0.5) is 5.69 Å². The Hall–Kier alpha value is -3.64. The Morgan fingerprint density at radius 2 is 1.91 bits per heavy atom. The van der Waals surface area contributed by atoms with E-state index in [1.807, 2.05) is 26.0 Å². The van der Waals surface area contributed by atoms with Crippen LogP contribution in [0.15, 0.2) is 66.5 Å². The Kier molecular flexibility index (Phi) is 5.72. The Balaban J connectivity index is 2.00. The van der Waals surface area contributed by atoms with Gasteiger partial charge >= 0.3 is 0 Å². The van der Waals surface area contributed by atoms with Crippen LogP contribution in [0.2, 0.25) is 5.02 Å². The number of ether oxygens (including phenoxy) is 1. The van der Waals surface area contributed by atoms with Gasteiger partial charge in [-0.25, -0.2) is 0 Å². The zero-order valence-electron chi connectivity index (χ0n) is 17.8. The number of ketones is 1. The molecule has 6 nitrogen and oxygen atoms in total. The summed E-state index contributed by atoms with van der Waals surface area (Å²) in [4.78, 5) is 32.1. The van der Waals surface area contributed by atoms with Gasteiger partial charge in [0.05, 0.1) is 23.7 Å². The number of aromatic nitrogens is 1. The van der Waals surface area contributed by atoms with Crippen molar-refractivity contribution in [2.24, 2.45) is 0 Å². The number of aliphatic hydroxyl groups excluding tert-OH is 1. The first-order valence-electron chi connectivity index (χ1n) is 9.96. The van der Waals surface area contributed by atoms with Crippen molar-refractivity contribution in [2.45, 2.75) is 19.9 Å². The third kappa shape index (κ3) is 3.52. The summed E-state index contributed by atoms with van der Waals surface area (Å²) in [7, 11) is 1.49. The summed E-state index contributed by atoms with van der Waals surface area (Å²) >= 11 is 6.33. The smallest absolute Gasteiger partial charge is 0.300 e. The van der Waals surface area contributed by atoms with Crippen molar-refractivity contribution in [1.82, 2.24) is 4.98 Å². The Bertz CT molecular complexity index is 1250. The summed E-state index contributed by atoms with van der Waals surface area (Å²) in [5.74, 6) is -1.43. The average Bonchev–Trinajstić information content (AvgIpc) is 3.06. The van der Waals surface area contributed by atoms with E-state index in [9.17, 15) is 14.7 Å². The molecule has 3 aromatic rings. The number of rotatable bonds is 4. The molecule has 32 heavy (non-hydrogen) atoms. The molecule has 1 aliphatic rings. The number of hydrogen-bond acceptors (Lipinski definition) is 5. The molecule has 1 aromatic heterocycles. The fourth-order valence-electron chi connectivity index (χ4n) is 3.89. The molecular formula is C25H21ClN2O4. The molecule has 1 N–H and O–H groups in total. The molecule has 1 atom stereocenters. The molecule has 162 valence electrons. The highest BCUT2D eigenvalue weighted by Crippen LogP contribution is 2.44. The van der Waals surface area contributed by atoms with Crippen LogP contribution in [0.25, 0.3) is 5.76 Å². The van der Waals surface area contributed by atoms with Crippen LogP contribution in [-0.2, 0) is 9.59 Å². The van der Waals surface area contributed by atoms with Gasteiger partial charge in [0.15, 0.2) is 0 Å². The van der Waals surface area contributed by atoms with Crippen LogP contribution in [0.5, 0.6) is 5.75 Å². The van der Waals surface area contributed by atoms with Gasteiger partial charge < -0.3 is 9.84 Å². The number of benzene rings is 2. The molecule has 4 rings (SSSR count). The number of Topliss-reactive ketones (excluding diaryl/α,β-unsaturated/α-hetero) is 1. The summed E-state index contributed by atoms with van der Waals surface area (Å²) in [6.07, 6.45) is 3.18. The largest absolute Gasteiger partial charge is 0.507 e. The second-order valence-corrected chi connectivity index (χ2v) is 7.93. The molecule has 0 radical (unpaired) electrons. The van der Waals surface area contributed by atoms with Crippen molar-refractivity contribution in [3.63, 3.8) is 0 Å². The zero-order chi connectivity index (χ0) is 23.0. The molecule has 1 unspecified atom stereocenters. The van der Waals surface area contributed by atoms with Crippen molar-refractivity contribution in [2.75, 3.05) is 12.0 Å². The minimum absolute atomic E-state index is 0.0564. The third-order valence-electron chi connectivity index (χ3n) is 5.71. The second kappa shape index (κ2) is 8.48. The predicted octanol–water partition coefficient (Wildman–Crippen LogP) is 4.99. The standard InChI is InChI=1S/C25H21ClN2O4/c1-14-6-4-8-20(15(14)2)28-22(16-7-5-11-27-13-16)21(24(30)25(28)31)23(29)18-12-17(32-3)9-10-19(18)26/h4-13,22,29H,1-3H3/b23-21+. The number of nitrogens with zero attached hydrogens (tertiary/aromatic N) is 2. The van der Waals surface area contributed by atoms with Gasteiger partial charge in [-0.3, -0.25) is 19.5 Å². The van der Waals surface area contributed by atoms with Crippen molar-refractivity contribution < 1.29 is 19.4 Å². The Labute approximate surface area is 190 Å². The third-order valence-corrected chi connectivity index (χ3v) is 6.04. The second-order valence-electron chi connectivity index (χ2n) is 7.52. The lowest BCUT2D eigenvalue weighted by atomic mass is 9.95. The van der Waals surface area contributed by atoms with E-state index in [4.69, 9.17) is 16.3 Å². The number of aliphatic hydroxyl groups is 1. The van der Waals surface area contributed by atoms with E-state index in [0.29, 0.717) is 17.0 Å². The van der Waals surface area contributed by atoms with E-state index in [1.54, 1.807) is 42.7 Å². The van der Waals surface area contributed by atoms with Gasteiger partial charge in [-0.1, -0.05) is 29.8 Å². The zero-order valence-corrected chi connectivity index (χ0v) is 18.6. The maximum absolute atomic E-state index is 13.3. The molecule has 1 aliphatic heterocycles. The molecule has 1 amide bonds. The van der Waals surface area contributed by atoms with Crippen molar-refractivity contribution >= 4 is 34.7 Å². The van der Waals surface area contributed by atoms with Crippen molar-refractivity contribution in [1.29, 1.82) is 0 Å². The first-order valence-corrected chi connectivity index (χ1v) is 10.3. The summed E-state index contributed by atoms with van der Waals surface area (Å²) in [5.41, 5.74) is 3.18. The number of amides is 1. The maximum atomic E-state index is 13.3. The van der Waals surface area contributed by atoms with E-state index in [-0.39, 0.29) is 21.9 Å².